The molecular weight excluding hydrogens is 402 g/mol. The molecule has 0 fully saturated rings. The SMILES string of the molecule is Cc1ccc(-c2nc3c(c(=O)[nH]2)CCN(Cc2ccc([N+](=O)[O-])cc2[N+](=O)[O-])C3)cc1. The summed E-state index contributed by atoms with van der Waals surface area (Å²) in [6.45, 7) is 3.08. The van der Waals surface area contributed by atoms with Gasteiger partial charge in [-0.15, -0.1) is 0 Å². The third-order valence-corrected chi connectivity index (χ3v) is 5.35. The van der Waals surface area contributed by atoms with Crippen molar-refractivity contribution in [3.8, 4) is 11.4 Å². The van der Waals surface area contributed by atoms with Gasteiger partial charge in [0.2, 0.25) is 0 Å². The highest BCUT2D eigenvalue weighted by molar-refractivity contribution is 5.55. The second-order valence-corrected chi connectivity index (χ2v) is 7.49. The van der Waals surface area contributed by atoms with Crippen molar-refractivity contribution < 1.29 is 9.85 Å². The molecule has 1 aromatic heterocycles. The van der Waals surface area contributed by atoms with E-state index in [-0.39, 0.29) is 23.5 Å². The van der Waals surface area contributed by atoms with Crippen LogP contribution in [-0.4, -0.2) is 31.3 Å². The molecule has 0 radical (unpaired) electrons. The molecule has 0 bridgehead atoms. The third kappa shape index (κ3) is 4.19. The first-order valence-electron chi connectivity index (χ1n) is 9.65. The number of rotatable bonds is 5. The van der Waals surface area contributed by atoms with Gasteiger partial charge in [0.15, 0.2) is 0 Å². The zero-order valence-electron chi connectivity index (χ0n) is 16.7. The fourth-order valence-electron chi connectivity index (χ4n) is 3.69. The van der Waals surface area contributed by atoms with Gasteiger partial charge in [-0.25, -0.2) is 4.98 Å². The lowest BCUT2D eigenvalue weighted by atomic mass is 10.0. The van der Waals surface area contributed by atoms with Crippen LogP contribution >= 0.6 is 0 Å². The van der Waals surface area contributed by atoms with Crippen LogP contribution in [0.25, 0.3) is 11.4 Å². The Kier molecular flexibility index (Phi) is 5.30. The number of hydrogen-bond acceptors (Lipinski definition) is 7. The first-order chi connectivity index (χ1) is 14.8. The molecule has 0 unspecified atom stereocenters. The molecule has 3 aromatic rings. The predicted octanol–water partition coefficient (Wildman–Crippen LogP) is 3.12. The summed E-state index contributed by atoms with van der Waals surface area (Å²) in [6.07, 6.45) is 0.465. The van der Waals surface area contributed by atoms with E-state index in [1.807, 2.05) is 36.1 Å². The van der Waals surface area contributed by atoms with Crippen LogP contribution in [0.3, 0.4) is 0 Å². The molecule has 10 nitrogen and oxygen atoms in total. The molecule has 0 amide bonds. The molecule has 2 aromatic carbocycles. The number of nitro groups is 2. The molecule has 10 heteroatoms. The summed E-state index contributed by atoms with van der Waals surface area (Å²) in [7, 11) is 0. The molecule has 0 saturated carbocycles. The predicted molar refractivity (Wildman–Crippen MR) is 113 cm³/mol. The van der Waals surface area contributed by atoms with Gasteiger partial charge in [0.1, 0.15) is 5.82 Å². The number of aromatic amines is 1. The van der Waals surface area contributed by atoms with Gasteiger partial charge in [-0.1, -0.05) is 29.8 Å². The molecule has 1 aliphatic heterocycles. The Morgan fingerprint density at radius 2 is 1.84 bits per heavy atom. The van der Waals surface area contributed by atoms with E-state index < -0.39 is 9.85 Å². The number of aryl methyl sites for hydroxylation is 1. The van der Waals surface area contributed by atoms with Crippen molar-refractivity contribution in [3.05, 3.63) is 95.4 Å². The standard InChI is InChI=1S/C21H19N5O5/c1-13-2-4-14(5-3-13)20-22-18-12-24(9-8-17(18)21(27)23-20)11-15-6-7-16(25(28)29)10-19(15)26(30)31/h2-7,10H,8-9,11-12H2,1H3,(H,22,23,27). The maximum atomic E-state index is 12.6. The summed E-state index contributed by atoms with van der Waals surface area (Å²) < 4.78 is 0. The van der Waals surface area contributed by atoms with E-state index in [2.05, 4.69) is 9.97 Å². The van der Waals surface area contributed by atoms with Gasteiger partial charge >= 0.3 is 0 Å². The fraction of sp³-hybridized carbons (Fsp3) is 0.238. The van der Waals surface area contributed by atoms with Gasteiger partial charge in [0.05, 0.1) is 21.6 Å². The van der Waals surface area contributed by atoms with Crippen molar-refractivity contribution >= 4 is 11.4 Å². The van der Waals surface area contributed by atoms with Crippen LogP contribution in [0.5, 0.6) is 0 Å². The average molecular weight is 421 g/mol. The van der Waals surface area contributed by atoms with Crippen molar-refractivity contribution in [2.75, 3.05) is 6.54 Å². The molecule has 0 aliphatic carbocycles. The number of nitrogens with zero attached hydrogens (tertiary/aromatic N) is 4. The lowest BCUT2D eigenvalue weighted by molar-refractivity contribution is -0.394. The number of fused-ring (bicyclic) bond motifs is 1. The molecule has 0 spiro atoms. The van der Waals surface area contributed by atoms with E-state index in [1.54, 1.807) is 0 Å². The minimum atomic E-state index is -0.656. The molecule has 158 valence electrons. The largest absolute Gasteiger partial charge is 0.306 e. The lowest BCUT2D eigenvalue weighted by Gasteiger charge is -2.27. The Bertz CT molecular complexity index is 1240. The van der Waals surface area contributed by atoms with Gasteiger partial charge in [-0.3, -0.25) is 29.9 Å². The number of non-ortho nitro benzene ring substituents is 1. The molecule has 0 atom stereocenters. The molecule has 1 aliphatic rings. The molecule has 4 rings (SSSR count). The topological polar surface area (TPSA) is 135 Å². The molecule has 1 N–H and O–H groups in total. The maximum absolute atomic E-state index is 12.6. The Morgan fingerprint density at radius 1 is 1.10 bits per heavy atom. The number of aromatic nitrogens is 2. The van der Waals surface area contributed by atoms with E-state index in [0.717, 1.165) is 17.2 Å². The number of hydrogen-bond donors (Lipinski definition) is 1. The third-order valence-electron chi connectivity index (χ3n) is 5.35. The Hall–Kier alpha value is -3.92. The van der Waals surface area contributed by atoms with Crippen molar-refractivity contribution in [2.45, 2.75) is 26.4 Å². The molecule has 0 saturated heterocycles. The number of benzene rings is 2. The van der Waals surface area contributed by atoms with Crippen molar-refractivity contribution in [1.82, 2.24) is 14.9 Å². The number of H-pyrrole nitrogens is 1. The summed E-state index contributed by atoms with van der Waals surface area (Å²) in [4.78, 5) is 43.1. The Balaban J connectivity index is 1.62. The van der Waals surface area contributed by atoms with Crippen molar-refractivity contribution in [1.29, 1.82) is 0 Å². The van der Waals surface area contributed by atoms with Gasteiger partial charge in [0, 0.05) is 42.4 Å². The normalized spacial score (nSPS) is 13.6. The van der Waals surface area contributed by atoms with E-state index in [1.165, 1.54) is 12.1 Å². The van der Waals surface area contributed by atoms with Crippen LogP contribution in [0.1, 0.15) is 22.4 Å². The summed E-state index contributed by atoms with van der Waals surface area (Å²) in [5.41, 5.74) is 2.73. The van der Waals surface area contributed by atoms with Crippen LogP contribution in [0.2, 0.25) is 0 Å². The Labute approximate surface area is 176 Å². The van der Waals surface area contributed by atoms with Crippen LogP contribution in [0.15, 0.2) is 47.3 Å². The molecule has 2 heterocycles. The second kappa shape index (κ2) is 8.07. The minimum Gasteiger partial charge on any atom is -0.306 e. The van der Waals surface area contributed by atoms with Crippen LogP contribution in [0, 0.1) is 27.2 Å². The second-order valence-electron chi connectivity index (χ2n) is 7.49. The highest BCUT2D eigenvalue weighted by atomic mass is 16.6. The minimum absolute atomic E-state index is 0.179. The highest BCUT2D eigenvalue weighted by Crippen LogP contribution is 2.27. The zero-order valence-corrected chi connectivity index (χ0v) is 16.7. The van der Waals surface area contributed by atoms with E-state index >= 15 is 0 Å². The van der Waals surface area contributed by atoms with Crippen molar-refractivity contribution in [3.63, 3.8) is 0 Å². The summed E-state index contributed by atoms with van der Waals surface area (Å²) in [6, 6.07) is 11.3. The monoisotopic (exact) mass is 421 g/mol. The lowest BCUT2D eigenvalue weighted by Crippen LogP contribution is -2.35. The summed E-state index contributed by atoms with van der Waals surface area (Å²) in [5.74, 6) is 0.479. The van der Waals surface area contributed by atoms with Crippen molar-refractivity contribution in [2.24, 2.45) is 0 Å². The quantitative estimate of drug-likeness (QED) is 0.494. The maximum Gasteiger partial charge on any atom is 0.280 e. The first-order valence-corrected chi connectivity index (χ1v) is 9.65. The van der Waals surface area contributed by atoms with Crippen LogP contribution < -0.4 is 5.56 Å². The van der Waals surface area contributed by atoms with Gasteiger partial charge < -0.3 is 4.98 Å². The van der Waals surface area contributed by atoms with Gasteiger partial charge in [0.25, 0.3) is 16.9 Å². The number of nitro benzene ring substituents is 2. The number of nitrogens with one attached hydrogen (secondary N) is 1. The Morgan fingerprint density at radius 3 is 2.52 bits per heavy atom. The smallest absolute Gasteiger partial charge is 0.280 e. The first kappa shape index (κ1) is 20.4. The van der Waals surface area contributed by atoms with Crippen LogP contribution in [-0.2, 0) is 19.5 Å². The zero-order chi connectivity index (χ0) is 22.1. The summed E-state index contributed by atoms with van der Waals surface area (Å²) >= 11 is 0. The average Bonchev–Trinajstić information content (AvgIpc) is 2.74. The van der Waals surface area contributed by atoms with Crippen LogP contribution in [0.4, 0.5) is 11.4 Å². The molecule has 31 heavy (non-hydrogen) atoms. The van der Waals surface area contributed by atoms with Gasteiger partial charge in [-0.05, 0) is 19.4 Å². The van der Waals surface area contributed by atoms with E-state index in [0.29, 0.717) is 42.2 Å². The van der Waals surface area contributed by atoms with E-state index in [4.69, 9.17) is 0 Å². The highest BCUT2D eigenvalue weighted by Gasteiger charge is 2.25. The summed E-state index contributed by atoms with van der Waals surface area (Å²) in [5, 5.41) is 22.4. The molecular formula is C21H19N5O5. The van der Waals surface area contributed by atoms with Gasteiger partial charge in [-0.2, -0.15) is 0 Å². The fourth-order valence-corrected chi connectivity index (χ4v) is 3.69. The van der Waals surface area contributed by atoms with E-state index in [9.17, 15) is 25.0 Å².